The zero-order chi connectivity index (χ0) is 14.9. The molecule has 0 amide bonds. The van der Waals surface area contributed by atoms with Crippen LogP contribution in [0.2, 0.25) is 0 Å². The molecule has 21 heavy (non-hydrogen) atoms. The van der Waals surface area contributed by atoms with E-state index in [0.29, 0.717) is 12.6 Å². The maximum absolute atomic E-state index is 6.08. The summed E-state index contributed by atoms with van der Waals surface area (Å²) in [5.74, 6) is 1.77. The van der Waals surface area contributed by atoms with E-state index in [4.69, 9.17) is 14.2 Å². The summed E-state index contributed by atoms with van der Waals surface area (Å²) in [5.41, 5.74) is 0. The lowest BCUT2D eigenvalue weighted by Crippen LogP contribution is -2.49. The van der Waals surface area contributed by atoms with E-state index in [9.17, 15) is 0 Å². The Morgan fingerprint density at radius 1 is 1.14 bits per heavy atom. The van der Waals surface area contributed by atoms with Crippen molar-refractivity contribution in [2.75, 3.05) is 26.4 Å². The summed E-state index contributed by atoms with van der Waals surface area (Å²) in [5, 5.41) is 3.55. The number of rotatable bonds is 8. The predicted octanol–water partition coefficient (Wildman–Crippen LogP) is 3.01. The van der Waals surface area contributed by atoms with Crippen LogP contribution in [0.15, 0.2) is 24.3 Å². The van der Waals surface area contributed by atoms with Crippen molar-refractivity contribution in [2.24, 2.45) is 0 Å². The van der Waals surface area contributed by atoms with E-state index >= 15 is 0 Å². The molecule has 0 spiro atoms. The molecule has 1 N–H and O–H groups in total. The molecule has 2 atom stereocenters. The van der Waals surface area contributed by atoms with Crippen LogP contribution in [0.3, 0.4) is 0 Å². The standard InChI is InChI=1S/C17H27NO3/c1-3-10-18-16-9-12-19-13-17(16)21-15-7-5-14(6-8-15)20-11-4-2/h5-8,16-18H,3-4,9-13H2,1-2H3. The van der Waals surface area contributed by atoms with Gasteiger partial charge in [0.25, 0.3) is 0 Å². The Balaban J connectivity index is 1.89. The third-order valence-electron chi connectivity index (χ3n) is 3.54. The molecule has 0 aromatic heterocycles. The van der Waals surface area contributed by atoms with Crippen molar-refractivity contribution in [2.45, 2.75) is 45.3 Å². The zero-order valence-electron chi connectivity index (χ0n) is 13.1. The van der Waals surface area contributed by atoms with Crippen LogP contribution < -0.4 is 14.8 Å². The molecule has 2 rings (SSSR count). The van der Waals surface area contributed by atoms with Crippen molar-refractivity contribution in [1.29, 1.82) is 0 Å². The third-order valence-corrected chi connectivity index (χ3v) is 3.54. The van der Waals surface area contributed by atoms with E-state index in [1.807, 2.05) is 24.3 Å². The first-order valence-electron chi connectivity index (χ1n) is 8.04. The molecule has 0 saturated carbocycles. The van der Waals surface area contributed by atoms with Crippen molar-refractivity contribution >= 4 is 0 Å². The molecule has 1 aromatic rings. The second-order valence-electron chi connectivity index (χ2n) is 5.40. The van der Waals surface area contributed by atoms with Crippen LogP contribution in [0.25, 0.3) is 0 Å². The highest BCUT2D eigenvalue weighted by atomic mass is 16.5. The molecule has 4 nitrogen and oxygen atoms in total. The van der Waals surface area contributed by atoms with Crippen LogP contribution >= 0.6 is 0 Å². The molecule has 1 aliphatic heterocycles. The highest BCUT2D eigenvalue weighted by molar-refractivity contribution is 5.31. The van der Waals surface area contributed by atoms with Gasteiger partial charge in [-0.3, -0.25) is 0 Å². The van der Waals surface area contributed by atoms with Gasteiger partial charge in [-0.05, 0) is 50.1 Å². The van der Waals surface area contributed by atoms with Gasteiger partial charge >= 0.3 is 0 Å². The number of hydrogen-bond acceptors (Lipinski definition) is 4. The second-order valence-corrected chi connectivity index (χ2v) is 5.40. The van der Waals surface area contributed by atoms with E-state index in [1.165, 1.54) is 0 Å². The summed E-state index contributed by atoms with van der Waals surface area (Å²) in [6, 6.07) is 8.23. The predicted molar refractivity (Wildman–Crippen MR) is 84.2 cm³/mol. The second kappa shape index (κ2) is 8.90. The summed E-state index contributed by atoms with van der Waals surface area (Å²) in [4.78, 5) is 0. The molecule has 2 unspecified atom stereocenters. The Morgan fingerprint density at radius 2 is 1.90 bits per heavy atom. The molecule has 118 valence electrons. The molecule has 1 heterocycles. The zero-order valence-corrected chi connectivity index (χ0v) is 13.1. The molecule has 1 aliphatic rings. The maximum Gasteiger partial charge on any atom is 0.137 e. The van der Waals surface area contributed by atoms with Crippen LogP contribution in [-0.4, -0.2) is 38.5 Å². The SMILES string of the molecule is CCCNC1CCOCC1Oc1ccc(OCCC)cc1. The molecule has 1 aromatic carbocycles. The molecule has 0 bridgehead atoms. The van der Waals surface area contributed by atoms with E-state index in [2.05, 4.69) is 19.2 Å². The number of hydrogen-bond donors (Lipinski definition) is 1. The summed E-state index contributed by atoms with van der Waals surface area (Å²) < 4.78 is 17.2. The van der Waals surface area contributed by atoms with Crippen molar-refractivity contribution in [1.82, 2.24) is 5.32 Å². The minimum absolute atomic E-state index is 0.0766. The smallest absolute Gasteiger partial charge is 0.137 e. The van der Waals surface area contributed by atoms with Gasteiger partial charge in [-0.15, -0.1) is 0 Å². The Bertz CT molecular complexity index is 394. The summed E-state index contributed by atoms with van der Waals surface area (Å²) >= 11 is 0. The van der Waals surface area contributed by atoms with Gasteiger partial charge in [0.05, 0.1) is 13.2 Å². The quantitative estimate of drug-likeness (QED) is 0.800. The maximum atomic E-state index is 6.08. The highest BCUT2D eigenvalue weighted by Crippen LogP contribution is 2.21. The van der Waals surface area contributed by atoms with Crippen LogP contribution in [-0.2, 0) is 4.74 Å². The van der Waals surface area contributed by atoms with Crippen molar-refractivity contribution in [3.8, 4) is 11.5 Å². The summed E-state index contributed by atoms with van der Waals surface area (Å²) in [6.45, 7) is 7.51. The monoisotopic (exact) mass is 293 g/mol. The molecular formula is C17H27NO3. The highest BCUT2D eigenvalue weighted by Gasteiger charge is 2.26. The van der Waals surface area contributed by atoms with Crippen LogP contribution in [0.1, 0.15) is 33.1 Å². The van der Waals surface area contributed by atoms with Gasteiger partial charge in [-0.1, -0.05) is 13.8 Å². The van der Waals surface area contributed by atoms with Gasteiger partial charge < -0.3 is 19.5 Å². The molecule has 0 aliphatic carbocycles. The largest absolute Gasteiger partial charge is 0.494 e. The van der Waals surface area contributed by atoms with Gasteiger partial charge in [0.1, 0.15) is 17.6 Å². The fourth-order valence-electron chi connectivity index (χ4n) is 2.40. The fourth-order valence-corrected chi connectivity index (χ4v) is 2.40. The first kappa shape index (κ1) is 16.1. The van der Waals surface area contributed by atoms with Crippen LogP contribution in [0.5, 0.6) is 11.5 Å². The lowest BCUT2D eigenvalue weighted by Gasteiger charge is -2.32. The molecule has 1 fully saturated rings. The summed E-state index contributed by atoms with van der Waals surface area (Å²) in [7, 11) is 0. The van der Waals surface area contributed by atoms with E-state index in [1.54, 1.807) is 0 Å². The Morgan fingerprint density at radius 3 is 2.62 bits per heavy atom. The van der Waals surface area contributed by atoms with E-state index < -0.39 is 0 Å². The van der Waals surface area contributed by atoms with Gasteiger partial charge in [0, 0.05) is 12.6 Å². The first-order valence-corrected chi connectivity index (χ1v) is 8.04. The lowest BCUT2D eigenvalue weighted by atomic mass is 10.1. The average Bonchev–Trinajstić information content (AvgIpc) is 2.53. The number of nitrogens with one attached hydrogen (secondary N) is 1. The van der Waals surface area contributed by atoms with Gasteiger partial charge in [0.15, 0.2) is 0 Å². The normalized spacial score (nSPS) is 22.0. The Kier molecular flexibility index (Phi) is 6.83. The van der Waals surface area contributed by atoms with Crippen molar-refractivity contribution in [3.63, 3.8) is 0 Å². The number of benzene rings is 1. The number of ether oxygens (including phenoxy) is 3. The Hall–Kier alpha value is -1.26. The van der Waals surface area contributed by atoms with Crippen LogP contribution in [0.4, 0.5) is 0 Å². The first-order chi connectivity index (χ1) is 10.3. The average molecular weight is 293 g/mol. The van der Waals surface area contributed by atoms with Gasteiger partial charge in [0.2, 0.25) is 0 Å². The van der Waals surface area contributed by atoms with E-state index in [-0.39, 0.29) is 6.10 Å². The minimum Gasteiger partial charge on any atom is -0.494 e. The minimum atomic E-state index is 0.0766. The van der Waals surface area contributed by atoms with Crippen molar-refractivity contribution in [3.05, 3.63) is 24.3 Å². The van der Waals surface area contributed by atoms with Crippen LogP contribution in [0, 0.1) is 0 Å². The summed E-state index contributed by atoms with van der Waals surface area (Å²) in [6.07, 6.45) is 3.23. The van der Waals surface area contributed by atoms with E-state index in [0.717, 1.165) is 50.5 Å². The topological polar surface area (TPSA) is 39.7 Å². The lowest BCUT2D eigenvalue weighted by molar-refractivity contribution is -0.0146. The molecule has 0 radical (unpaired) electrons. The van der Waals surface area contributed by atoms with Gasteiger partial charge in [-0.25, -0.2) is 0 Å². The third kappa shape index (κ3) is 5.21. The Labute approximate surface area is 127 Å². The molecular weight excluding hydrogens is 266 g/mol. The fraction of sp³-hybridized carbons (Fsp3) is 0.647. The molecule has 1 saturated heterocycles. The van der Waals surface area contributed by atoms with Crippen molar-refractivity contribution < 1.29 is 14.2 Å². The van der Waals surface area contributed by atoms with Gasteiger partial charge in [-0.2, -0.15) is 0 Å². The molecule has 4 heteroatoms.